The van der Waals surface area contributed by atoms with Crippen molar-refractivity contribution in [3.05, 3.63) is 0 Å². The summed E-state index contributed by atoms with van der Waals surface area (Å²) in [5.74, 6) is -0.264. The second-order valence-electron chi connectivity index (χ2n) is 2.29. The quantitative estimate of drug-likeness (QED) is 0.461. The molecular formula is C8H11NO3. The summed E-state index contributed by atoms with van der Waals surface area (Å²) < 4.78 is 0. The lowest BCUT2D eigenvalue weighted by molar-refractivity contribution is -0.150. The average Bonchev–Trinajstić information content (AvgIpc) is 2.03. The first-order valence-electron chi connectivity index (χ1n) is 3.61. The van der Waals surface area contributed by atoms with Crippen LogP contribution in [0.15, 0.2) is 0 Å². The van der Waals surface area contributed by atoms with Gasteiger partial charge in [-0.3, -0.25) is 4.79 Å². The van der Waals surface area contributed by atoms with Gasteiger partial charge in [-0.15, -0.1) is 6.42 Å². The zero-order chi connectivity index (χ0) is 9.56. The van der Waals surface area contributed by atoms with E-state index in [2.05, 4.69) is 11.2 Å². The molecule has 0 rings (SSSR count). The van der Waals surface area contributed by atoms with Crippen molar-refractivity contribution in [2.24, 2.45) is 0 Å². The van der Waals surface area contributed by atoms with Crippen LogP contribution in [0.3, 0.4) is 0 Å². The molecule has 0 saturated heterocycles. The smallest absolute Gasteiger partial charge is 0.394 e. The van der Waals surface area contributed by atoms with Gasteiger partial charge in [0.05, 0.1) is 6.04 Å². The topological polar surface area (TPSA) is 66.4 Å². The average molecular weight is 169 g/mol. The van der Waals surface area contributed by atoms with Crippen LogP contribution in [-0.4, -0.2) is 23.0 Å². The van der Waals surface area contributed by atoms with Crippen LogP contribution in [0.4, 0.5) is 0 Å². The van der Waals surface area contributed by atoms with E-state index in [9.17, 15) is 9.59 Å². The number of terminal acetylenes is 1. The van der Waals surface area contributed by atoms with Crippen molar-refractivity contribution in [2.45, 2.75) is 25.8 Å². The fraction of sp³-hybridized carbons (Fsp3) is 0.500. The van der Waals surface area contributed by atoms with Crippen molar-refractivity contribution in [3.8, 4) is 12.3 Å². The molecule has 0 aliphatic carbocycles. The van der Waals surface area contributed by atoms with Crippen LogP contribution in [0.5, 0.6) is 0 Å². The number of rotatable bonds is 3. The highest BCUT2D eigenvalue weighted by Gasteiger charge is 2.14. The van der Waals surface area contributed by atoms with Crippen LogP contribution in [0.25, 0.3) is 0 Å². The molecule has 0 aromatic carbocycles. The first kappa shape index (κ1) is 10.5. The number of carboxylic acid groups (broad SMARTS) is 1. The maximum absolute atomic E-state index is 10.6. The minimum atomic E-state index is -1.51. The Morgan fingerprint density at radius 2 is 2.25 bits per heavy atom. The van der Waals surface area contributed by atoms with Crippen molar-refractivity contribution >= 4 is 11.9 Å². The van der Waals surface area contributed by atoms with Gasteiger partial charge >= 0.3 is 11.9 Å². The first-order chi connectivity index (χ1) is 5.61. The van der Waals surface area contributed by atoms with Gasteiger partial charge in [0.1, 0.15) is 0 Å². The van der Waals surface area contributed by atoms with Crippen LogP contribution in [0.2, 0.25) is 0 Å². The lowest BCUT2D eigenvalue weighted by Crippen LogP contribution is -2.38. The molecule has 0 aliphatic rings. The van der Waals surface area contributed by atoms with Crippen molar-refractivity contribution in [2.75, 3.05) is 0 Å². The molecule has 66 valence electrons. The summed E-state index contributed by atoms with van der Waals surface area (Å²) in [5, 5.41) is 10.4. The monoisotopic (exact) mass is 169 g/mol. The predicted octanol–water partition coefficient (Wildman–Crippen LogP) is -0.0109. The Labute approximate surface area is 71.0 Å². The summed E-state index contributed by atoms with van der Waals surface area (Å²) in [6.45, 7) is 1.90. The summed E-state index contributed by atoms with van der Waals surface area (Å²) in [7, 11) is 0. The molecule has 0 bridgehead atoms. The highest BCUT2D eigenvalue weighted by Crippen LogP contribution is 1.93. The largest absolute Gasteiger partial charge is 0.474 e. The number of carbonyl (C=O) groups is 2. The number of aliphatic carboxylic acids is 1. The Hall–Kier alpha value is -1.50. The van der Waals surface area contributed by atoms with Gasteiger partial charge in [-0.05, 0) is 6.42 Å². The number of hydrogen-bond acceptors (Lipinski definition) is 2. The van der Waals surface area contributed by atoms with E-state index in [0.29, 0.717) is 6.42 Å². The van der Waals surface area contributed by atoms with E-state index < -0.39 is 17.9 Å². The van der Waals surface area contributed by atoms with Crippen molar-refractivity contribution in [3.63, 3.8) is 0 Å². The second-order valence-corrected chi connectivity index (χ2v) is 2.29. The molecule has 0 radical (unpaired) electrons. The molecule has 4 nitrogen and oxygen atoms in total. The van der Waals surface area contributed by atoms with Crippen LogP contribution in [0, 0.1) is 12.3 Å². The lowest BCUT2D eigenvalue weighted by atomic mass is 10.2. The van der Waals surface area contributed by atoms with Gasteiger partial charge in [0.15, 0.2) is 0 Å². The Balaban J connectivity index is 3.96. The third-order valence-electron chi connectivity index (χ3n) is 1.28. The van der Waals surface area contributed by atoms with E-state index >= 15 is 0 Å². The molecule has 12 heavy (non-hydrogen) atoms. The minimum absolute atomic E-state index is 0.474. The van der Waals surface area contributed by atoms with Gasteiger partial charge in [-0.1, -0.05) is 19.3 Å². The maximum Gasteiger partial charge on any atom is 0.394 e. The summed E-state index contributed by atoms with van der Waals surface area (Å²) in [6, 6.07) is -0.474. The zero-order valence-electron chi connectivity index (χ0n) is 6.83. The summed E-state index contributed by atoms with van der Waals surface area (Å²) >= 11 is 0. The molecule has 4 heteroatoms. The van der Waals surface area contributed by atoms with E-state index in [1.54, 1.807) is 0 Å². The predicted molar refractivity (Wildman–Crippen MR) is 43.3 cm³/mol. The summed E-state index contributed by atoms with van der Waals surface area (Å²) in [5.41, 5.74) is 0. The normalized spacial score (nSPS) is 11.3. The molecule has 0 aromatic heterocycles. The Morgan fingerprint density at radius 3 is 2.58 bits per heavy atom. The summed E-state index contributed by atoms with van der Waals surface area (Å²) in [6.07, 6.45) is 6.44. The fourth-order valence-corrected chi connectivity index (χ4v) is 0.706. The van der Waals surface area contributed by atoms with Crippen molar-refractivity contribution < 1.29 is 14.7 Å². The first-order valence-corrected chi connectivity index (χ1v) is 3.61. The minimum Gasteiger partial charge on any atom is -0.474 e. The third-order valence-corrected chi connectivity index (χ3v) is 1.28. The van der Waals surface area contributed by atoms with E-state index in [0.717, 1.165) is 6.42 Å². The molecule has 0 fully saturated rings. The van der Waals surface area contributed by atoms with Gasteiger partial charge < -0.3 is 10.4 Å². The molecule has 0 heterocycles. The fourth-order valence-electron chi connectivity index (χ4n) is 0.706. The molecule has 0 aliphatic heterocycles. The van der Waals surface area contributed by atoms with E-state index in [1.807, 2.05) is 6.92 Å². The Morgan fingerprint density at radius 1 is 1.67 bits per heavy atom. The number of amides is 1. The molecule has 1 atom stereocenters. The van der Waals surface area contributed by atoms with Gasteiger partial charge in [-0.2, -0.15) is 0 Å². The van der Waals surface area contributed by atoms with Gasteiger partial charge in [0.2, 0.25) is 0 Å². The van der Waals surface area contributed by atoms with Gasteiger partial charge in [0.25, 0.3) is 0 Å². The van der Waals surface area contributed by atoms with Crippen molar-refractivity contribution in [1.82, 2.24) is 5.32 Å². The zero-order valence-corrected chi connectivity index (χ0v) is 6.83. The molecule has 0 spiro atoms. The number of hydrogen-bond donors (Lipinski definition) is 2. The van der Waals surface area contributed by atoms with Crippen LogP contribution >= 0.6 is 0 Å². The highest BCUT2D eigenvalue weighted by atomic mass is 16.4. The standard InChI is InChI=1S/C8H11NO3/c1-3-5-6(4-2)9-7(10)8(11)12/h2,6H,3,5H2,1H3,(H,9,10)(H,11,12). The summed E-state index contributed by atoms with van der Waals surface area (Å²) in [4.78, 5) is 20.7. The van der Waals surface area contributed by atoms with Crippen LogP contribution in [-0.2, 0) is 9.59 Å². The molecular weight excluding hydrogens is 158 g/mol. The van der Waals surface area contributed by atoms with E-state index in [1.165, 1.54) is 0 Å². The molecule has 2 N–H and O–H groups in total. The number of carbonyl (C=O) groups excluding carboxylic acids is 1. The van der Waals surface area contributed by atoms with Gasteiger partial charge in [-0.25, -0.2) is 4.79 Å². The van der Waals surface area contributed by atoms with E-state index in [4.69, 9.17) is 11.5 Å². The SMILES string of the molecule is C#CC(CCC)NC(=O)C(=O)O. The number of nitrogens with one attached hydrogen (secondary N) is 1. The van der Waals surface area contributed by atoms with Gasteiger partial charge in [0, 0.05) is 0 Å². The Kier molecular flexibility index (Phi) is 4.54. The maximum atomic E-state index is 10.6. The second kappa shape index (κ2) is 5.19. The third kappa shape index (κ3) is 3.62. The molecule has 1 unspecified atom stereocenters. The van der Waals surface area contributed by atoms with Crippen molar-refractivity contribution in [1.29, 1.82) is 0 Å². The molecule has 1 amide bonds. The lowest BCUT2D eigenvalue weighted by Gasteiger charge is -2.08. The highest BCUT2D eigenvalue weighted by molar-refractivity contribution is 6.31. The van der Waals surface area contributed by atoms with Crippen LogP contribution < -0.4 is 5.32 Å². The van der Waals surface area contributed by atoms with E-state index in [-0.39, 0.29) is 0 Å². The molecule has 0 saturated carbocycles. The van der Waals surface area contributed by atoms with Crippen LogP contribution in [0.1, 0.15) is 19.8 Å². The molecule has 0 aromatic rings. The Bertz CT molecular complexity index is 217. The number of carboxylic acids is 1.